The van der Waals surface area contributed by atoms with Crippen molar-refractivity contribution in [2.45, 2.75) is 32.2 Å². The number of carbonyl (C=O) groups is 1. The lowest BCUT2D eigenvalue weighted by Gasteiger charge is -2.16. The number of hydrogen-bond donors (Lipinski definition) is 1. The van der Waals surface area contributed by atoms with Crippen LogP contribution in [0.5, 0.6) is 0 Å². The normalized spacial score (nSPS) is 13.7. The van der Waals surface area contributed by atoms with Crippen LogP contribution >= 0.6 is 0 Å². The van der Waals surface area contributed by atoms with Gasteiger partial charge in [-0.1, -0.05) is 18.2 Å². The van der Waals surface area contributed by atoms with Gasteiger partial charge in [0.1, 0.15) is 0 Å². The van der Waals surface area contributed by atoms with Crippen molar-refractivity contribution in [2.24, 2.45) is 0 Å². The molecule has 0 radical (unpaired) electrons. The summed E-state index contributed by atoms with van der Waals surface area (Å²) in [5.41, 5.74) is 4.70. The Bertz CT molecular complexity index is 622. The summed E-state index contributed by atoms with van der Waals surface area (Å²) in [6, 6.07) is 10.1. The molecule has 1 heterocycles. The number of nitrogens with one attached hydrogen (secondary N) is 1. The predicted octanol–water partition coefficient (Wildman–Crippen LogP) is 2.93. The van der Waals surface area contributed by atoms with Gasteiger partial charge in [0, 0.05) is 24.5 Å². The SMILES string of the molecule is O=C(CNCc1cccnc1)c1ccc2c(c1)CCCC2. The van der Waals surface area contributed by atoms with E-state index < -0.39 is 0 Å². The predicted molar refractivity (Wildman–Crippen MR) is 83.4 cm³/mol. The molecule has 1 aromatic carbocycles. The summed E-state index contributed by atoms with van der Waals surface area (Å²) in [6.45, 7) is 1.04. The van der Waals surface area contributed by atoms with E-state index in [1.807, 2.05) is 24.4 Å². The van der Waals surface area contributed by atoms with Gasteiger partial charge in [-0.15, -0.1) is 0 Å². The summed E-state index contributed by atoms with van der Waals surface area (Å²) in [6.07, 6.45) is 8.34. The third-order valence-electron chi connectivity index (χ3n) is 4.01. The summed E-state index contributed by atoms with van der Waals surface area (Å²) in [4.78, 5) is 16.3. The maximum atomic E-state index is 12.2. The topological polar surface area (TPSA) is 42.0 Å². The molecule has 0 bridgehead atoms. The van der Waals surface area contributed by atoms with Gasteiger partial charge in [0.2, 0.25) is 0 Å². The minimum absolute atomic E-state index is 0.160. The van der Waals surface area contributed by atoms with E-state index in [1.165, 1.54) is 24.0 Å². The van der Waals surface area contributed by atoms with Crippen LogP contribution in [0.15, 0.2) is 42.7 Å². The minimum Gasteiger partial charge on any atom is -0.306 e. The van der Waals surface area contributed by atoms with E-state index in [2.05, 4.69) is 22.4 Å². The Labute approximate surface area is 125 Å². The van der Waals surface area contributed by atoms with Crippen molar-refractivity contribution in [1.82, 2.24) is 10.3 Å². The molecule has 3 rings (SSSR count). The Hall–Kier alpha value is -2.00. The Morgan fingerprint density at radius 2 is 2.00 bits per heavy atom. The molecular weight excluding hydrogens is 260 g/mol. The molecule has 1 N–H and O–H groups in total. The zero-order valence-electron chi connectivity index (χ0n) is 12.1. The maximum absolute atomic E-state index is 12.2. The van der Waals surface area contributed by atoms with Crippen molar-refractivity contribution in [1.29, 1.82) is 0 Å². The molecule has 0 unspecified atom stereocenters. The van der Waals surface area contributed by atoms with Crippen LogP contribution in [0, 0.1) is 0 Å². The molecule has 0 spiro atoms. The number of aryl methyl sites for hydroxylation is 2. The second-order valence-electron chi connectivity index (χ2n) is 5.58. The van der Waals surface area contributed by atoms with Crippen LogP contribution in [0.4, 0.5) is 0 Å². The summed E-state index contributed by atoms with van der Waals surface area (Å²) in [7, 11) is 0. The molecule has 21 heavy (non-hydrogen) atoms. The van der Waals surface area contributed by atoms with Gasteiger partial charge >= 0.3 is 0 Å². The Morgan fingerprint density at radius 1 is 1.14 bits per heavy atom. The number of rotatable bonds is 5. The zero-order valence-corrected chi connectivity index (χ0v) is 12.1. The number of nitrogens with zero attached hydrogens (tertiary/aromatic N) is 1. The molecule has 0 saturated heterocycles. The van der Waals surface area contributed by atoms with Crippen molar-refractivity contribution in [2.75, 3.05) is 6.54 Å². The molecule has 3 nitrogen and oxygen atoms in total. The van der Waals surface area contributed by atoms with Crippen LogP contribution < -0.4 is 5.32 Å². The average molecular weight is 280 g/mol. The van der Waals surface area contributed by atoms with Gasteiger partial charge in [-0.3, -0.25) is 9.78 Å². The molecule has 2 aromatic rings. The Kier molecular flexibility index (Phi) is 4.41. The van der Waals surface area contributed by atoms with Gasteiger partial charge in [-0.25, -0.2) is 0 Å². The first-order chi connectivity index (χ1) is 10.3. The molecule has 0 fully saturated rings. The highest BCUT2D eigenvalue weighted by Crippen LogP contribution is 2.22. The molecule has 3 heteroatoms. The first-order valence-corrected chi connectivity index (χ1v) is 7.57. The van der Waals surface area contributed by atoms with E-state index in [-0.39, 0.29) is 5.78 Å². The third-order valence-corrected chi connectivity index (χ3v) is 4.01. The summed E-state index contributed by atoms with van der Waals surface area (Å²) in [5, 5.41) is 3.19. The van der Waals surface area contributed by atoms with Gasteiger partial charge in [0.25, 0.3) is 0 Å². The molecule has 0 saturated carbocycles. The molecular formula is C18H20N2O. The Balaban J connectivity index is 1.58. The molecule has 1 aromatic heterocycles. The number of carbonyl (C=O) groups excluding carboxylic acids is 1. The van der Waals surface area contributed by atoms with Crippen LogP contribution in [0.25, 0.3) is 0 Å². The summed E-state index contributed by atoms with van der Waals surface area (Å²) < 4.78 is 0. The van der Waals surface area contributed by atoms with Crippen molar-refractivity contribution >= 4 is 5.78 Å². The van der Waals surface area contributed by atoms with Crippen LogP contribution in [0.1, 0.15) is 39.9 Å². The van der Waals surface area contributed by atoms with Crippen molar-refractivity contribution in [3.05, 3.63) is 65.0 Å². The second-order valence-corrected chi connectivity index (χ2v) is 5.58. The van der Waals surface area contributed by atoms with E-state index in [4.69, 9.17) is 0 Å². The number of fused-ring (bicyclic) bond motifs is 1. The fraction of sp³-hybridized carbons (Fsp3) is 0.333. The number of benzene rings is 1. The smallest absolute Gasteiger partial charge is 0.176 e. The average Bonchev–Trinajstić information content (AvgIpc) is 2.55. The van der Waals surface area contributed by atoms with E-state index in [0.717, 1.165) is 24.0 Å². The molecule has 0 amide bonds. The molecule has 1 aliphatic carbocycles. The van der Waals surface area contributed by atoms with Crippen LogP contribution in [0.2, 0.25) is 0 Å². The monoisotopic (exact) mass is 280 g/mol. The lowest BCUT2D eigenvalue weighted by Crippen LogP contribution is -2.23. The van der Waals surface area contributed by atoms with Crippen molar-refractivity contribution < 1.29 is 4.79 Å². The Morgan fingerprint density at radius 3 is 2.81 bits per heavy atom. The highest BCUT2D eigenvalue weighted by Gasteiger charge is 2.12. The molecule has 0 aliphatic heterocycles. The first kappa shape index (κ1) is 14.0. The summed E-state index contributed by atoms with van der Waals surface area (Å²) in [5.74, 6) is 0.160. The quantitative estimate of drug-likeness (QED) is 0.856. The lowest BCUT2D eigenvalue weighted by molar-refractivity contribution is 0.0990. The number of pyridine rings is 1. The van der Waals surface area contributed by atoms with Crippen molar-refractivity contribution in [3.63, 3.8) is 0 Å². The number of aromatic nitrogens is 1. The largest absolute Gasteiger partial charge is 0.306 e. The van der Waals surface area contributed by atoms with Gasteiger partial charge in [0.05, 0.1) is 6.54 Å². The number of ketones is 1. The van der Waals surface area contributed by atoms with E-state index >= 15 is 0 Å². The first-order valence-electron chi connectivity index (χ1n) is 7.57. The standard InChI is InChI=1S/C18H20N2O/c21-18(13-20-12-14-4-3-9-19-11-14)17-8-7-15-5-1-2-6-16(15)10-17/h3-4,7-11,20H,1-2,5-6,12-13H2. The number of Topliss-reactive ketones (excluding diaryl/α,β-unsaturated/α-hetero) is 1. The fourth-order valence-electron chi connectivity index (χ4n) is 2.83. The zero-order chi connectivity index (χ0) is 14.5. The van der Waals surface area contributed by atoms with E-state index in [9.17, 15) is 4.79 Å². The highest BCUT2D eigenvalue weighted by molar-refractivity contribution is 5.97. The second kappa shape index (κ2) is 6.64. The van der Waals surface area contributed by atoms with E-state index in [1.54, 1.807) is 6.20 Å². The molecule has 1 aliphatic rings. The van der Waals surface area contributed by atoms with Crippen molar-refractivity contribution in [3.8, 4) is 0 Å². The minimum atomic E-state index is 0.160. The van der Waals surface area contributed by atoms with Gasteiger partial charge < -0.3 is 5.32 Å². The molecule has 0 atom stereocenters. The maximum Gasteiger partial charge on any atom is 0.176 e. The molecule has 108 valence electrons. The van der Waals surface area contributed by atoms with Gasteiger partial charge in [0.15, 0.2) is 5.78 Å². The van der Waals surface area contributed by atoms with Crippen LogP contribution in [-0.2, 0) is 19.4 Å². The van der Waals surface area contributed by atoms with Crippen LogP contribution in [0.3, 0.4) is 0 Å². The fourth-order valence-corrected chi connectivity index (χ4v) is 2.83. The summed E-state index contributed by atoms with van der Waals surface area (Å²) >= 11 is 0. The van der Waals surface area contributed by atoms with E-state index in [0.29, 0.717) is 13.1 Å². The number of hydrogen-bond acceptors (Lipinski definition) is 3. The van der Waals surface area contributed by atoms with Crippen LogP contribution in [-0.4, -0.2) is 17.3 Å². The van der Waals surface area contributed by atoms with Gasteiger partial charge in [-0.2, -0.15) is 0 Å². The van der Waals surface area contributed by atoms with Gasteiger partial charge in [-0.05, 0) is 54.5 Å². The third kappa shape index (κ3) is 3.56. The highest BCUT2D eigenvalue weighted by atomic mass is 16.1. The lowest BCUT2D eigenvalue weighted by atomic mass is 9.90.